The molecular weight excluding hydrogens is 367 g/mol. The summed E-state index contributed by atoms with van der Waals surface area (Å²) in [5.41, 5.74) is 1.03. The molecule has 0 bridgehead atoms. The number of benzene rings is 1. The molecule has 11 heteroatoms. The van der Waals surface area contributed by atoms with E-state index in [-0.39, 0.29) is 24.1 Å². The Balaban J connectivity index is 1.71. The lowest BCUT2D eigenvalue weighted by atomic mass is 10.1. The second-order valence-electron chi connectivity index (χ2n) is 5.43. The fourth-order valence-corrected chi connectivity index (χ4v) is 2.18. The molecule has 2 N–H and O–H groups in total. The highest BCUT2D eigenvalue weighted by Crippen LogP contribution is 2.23. The van der Waals surface area contributed by atoms with E-state index < -0.39 is 24.4 Å². The maximum Gasteiger partial charge on any atom is 0.396 e. The zero-order valence-electron chi connectivity index (χ0n) is 13.6. The van der Waals surface area contributed by atoms with E-state index in [4.69, 9.17) is 9.63 Å². The number of nitrogens with zero attached hydrogens (tertiary/aromatic N) is 4. The summed E-state index contributed by atoms with van der Waals surface area (Å²) in [5, 5.41) is 15.1. The number of nitrogens with one attached hydrogen (secondary N) is 1. The Morgan fingerprint density at radius 1 is 1.22 bits per heavy atom. The van der Waals surface area contributed by atoms with Crippen molar-refractivity contribution in [1.29, 1.82) is 0 Å². The zero-order chi connectivity index (χ0) is 19.4. The molecule has 0 aliphatic carbocycles. The monoisotopic (exact) mass is 379 g/mol. The van der Waals surface area contributed by atoms with Crippen LogP contribution in [0.25, 0.3) is 11.5 Å². The van der Waals surface area contributed by atoms with Gasteiger partial charge in [-0.05, 0) is 23.8 Å². The minimum absolute atomic E-state index is 0.0276. The molecule has 140 valence electrons. The molecule has 8 nitrogen and oxygen atoms in total. The predicted octanol–water partition coefficient (Wildman–Crippen LogP) is 2.94. The van der Waals surface area contributed by atoms with Crippen LogP contribution in [0.2, 0.25) is 0 Å². The highest BCUT2D eigenvalue weighted by atomic mass is 19.4. The van der Waals surface area contributed by atoms with Crippen LogP contribution in [0.3, 0.4) is 0 Å². The summed E-state index contributed by atoms with van der Waals surface area (Å²) in [5.74, 6) is -1.51. The third kappa shape index (κ3) is 5.00. The van der Waals surface area contributed by atoms with Crippen LogP contribution < -0.4 is 5.32 Å². The first-order chi connectivity index (χ1) is 12.8. The second kappa shape index (κ2) is 7.40. The van der Waals surface area contributed by atoms with Gasteiger partial charge in [0.05, 0.1) is 0 Å². The van der Waals surface area contributed by atoms with Gasteiger partial charge in [0.15, 0.2) is 11.5 Å². The topological polar surface area (TPSA) is 114 Å². The fourth-order valence-electron chi connectivity index (χ4n) is 2.18. The quantitative estimate of drug-likeness (QED) is 0.672. The van der Waals surface area contributed by atoms with Crippen molar-refractivity contribution in [3.8, 4) is 11.5 Å². The first-order valence-electron chi connectivity index (χ1n) is 7.59. The number of carboxylic acids is 1. The molecule has 0 amide bonds. The molecule has 0 saturated heterocycles. The van der Waals surface area contributed by atoms with Crippen LogP contribution in [-0.4, -0.2) is 37.4 Å². The van der Waals surface area contributed by atoms with Crippen LogP contribution in [-0.2, 0) is 13.0 Å². The van der Waals surface area contributed by atoms with E-state index in [2.05, 4.69) is 25.4 Å². The summed E-state index contributed by atoms with van der Waals surface area (Å²) in [7, 11) is 0. The highest BCUT2D eigenvalue weighted by Gasteiger charge is 2.30. The number of anilines is 1. The SMILES string of the molecule is O=C(O)c1ccnc(NCc2cccc(-c3nc(CC(F)(F)F)no3)c2)n1. The predicted molar refractivity (Wildman–Crippen MR) is 85.8 cm³/mol. The average molecular weight is 379 g/mol. The summed E-state index contributed by atoms with van der Waals surface area (Å²) in [4.78, 5) is 22.4. The normalized spacial score (nSPS) is 11.4. The molecule has 0 atom stereocenters. The lowest BCUT2D eigenvalue weighted by Crippen LogP contribution is -2.12. The molecule has 0 aliphatic heterocycles. The number of halogens is 3. The molecule has 0 radical (unpaired) electrons. The van der Waals surface area contributed by atoms with Gasteiger partial charge in [-0.25, -0.2) is 14.8 Å². The average Bonchev–Trinajstić information content (AvgIpc) is 3.07. The molecule has 3 aromatic rings. The third-order valence-electron chi connectivity index (χ3n) is 3.33. The lowest BCUT2D eigenvalue weighted by Gasteiger charge is -2.06. The number of alkyl halides is 3. The van der Waals surface area contributed by atoms with Crippen molar-refractivity contribution in [2.45, 2.75) is 19.1 Å². The van der Waals surface area contributed by atoms with E-state index in [1.165, 1.54) is 12.3 Å². The molecular formula is C16H12F3N5O3. The molecule has 0 spiro atoms. The molecule has 2 aromatic heterocycles. The van der Waals surface area contributed by atoms with Crippen LogP contribution in [0.15, 0.2) is 41.1 Å². The Kier molecular flexibility index (Phi) is 5.01. The van der Waals surface area contributed by atoms with Gasteiger partial charge in [0.25, 0.3) is 5.89 Å². The lowest BCUT2D eigenvalue weighted by molar-refractivity contribution is -0.128. The smallest absolute Gasteiger partial charge is 0.396 e. The highest BCUT2D eigenvalue weighted by molar-refractivity contribution is 5.85. The standard InChI is InChI=1S/C16H12F3N5O3/c17-16(18,19)7-12-23-13(27-24-12)10-3-1-2-9(6-10)8-21-15-20-5-4-11(22-15)14(25)26/h1-6H,7-8H2,(H,25,26)(H,20,21,22). The van der Waals surface area contributed by atoms with E-state index in [1.807, 2.05) is 0 Å². The van der Waals surface area contributed by atoms with Crippen LogP contribution in [0.4, 0.5) is 19.1 Å². The van der Waals surface area contributed by atoms with Crippen molar-refractivity contribution in [2.75, 3.05) is 5.32 Å². The van der Waals surface area contributed by atoms with Gasteiger partial charge in [0.1, 0.15) is 6.42 Å². The van der Waals surface area contributed by atoms with Gasteiger partial charge in [-0.15, -0.1) is 0 Å². The maximum atomic E-state index is 12.4. The number of rotatable bonds is 6. The molecule has 27 heavy (non-hydrogen) atoms. The van der Waals surface area contributed by atoms with E-state index in [0.717, 1.165) is 5.56 Å². The summed E-state index contributed by atoms with van der Waals surface area (Å²) < 4.78 is 42.0. The van der Waals surface area contributed by atoms with E-state index >= 15 is 0 Å². The van der Waals surface area contributed by atoms with E-state index in [0.29, 0.717) is 5.56 Å². The minimum Gasteiger partial charge on any atom is -0.477 e. The zero-order valence-corrected chi connectivity index (χ0v) is 13.6. The second-order valence-corrected chi connectivity index (χ2v) is 5.43. The van der Waals surface area contributed by atoms with Crippen LogP contribution in [0, 0.1) is 0 Å². The first kappa shape index (κ1) is 18.3. The van der Waals surface area contributed by atoms with Crippen molar-refractivity contribution in [3.05, 3.63) is 53.6 Å². The Hall–Kier alpha value is -3.50. The molecule has 0 aliphatic rings. The minimum atomic E-state index is -4.42. The van der Waals surface area contributed by atoms with Gasteiger partial charge in [-0.2, -0.15) is 18.2 Å². The number of aromatic nitrogens is 4. The van der Waals surface area contributed by atoms with Crippen molar-refractivity contribution in [2.24, 2.45) is 0 Å². The summed E-state index contributed by atoms with van der Waals surface area (Å²) >= 11 is 0. The van der Waals surface area contributed by atoms with Crippen LogP contribution in [0.5, 0.6) is 0 Å². The van der Waals surface area contributed by atoms with Crippen molar-refractivity contribution < 1.29 is 27.6 Å². The largest absolute Gasteiger partial charge is 0.477 e. The Bertz CT molecular complexity index is 958. The summed E-state index contributed by atoms with van der Waals surface area (Å²) in [6, 6.07) is 7.97. The fraction of sp³-hybridized carbons (Fsp3) is 0.188. The third-order valence-corrected chi connectivity index (χ3v) is 3.33. The number of hydrogen-bond donors (Lipinski definition) is 2. The molecule has 0 unspecified atom stereocenters. The van der Waals surface area contributed by atoms with Gasteiger partial charge >= 0.3 is 12.1 Å². The van der Waals surface area contributed by atoms with Gasteiger partial charge < -0.3 is 14.9 Å². The summed E-state index contributed by atoms with van der Waals surface area (Å²) in [6.45, 7) is 0.250. The number of aromatic carboxylic acids is 1. The molecule has 1 aromatic carbocycles. The first-order valence-corrected chi connectivity index (χ1v) is 7.59. The molecule has 0 fully saturated rings. The van der Waals surface area contributed by atoms with Crippen LogP contribution in [0.1, 0.15) is 21.9 Å². The summed E-state index contributed by atoms with van der Waals surface area (Å²) in [6.07, 6.45) is -4.37. The number of carbonyl (C=O) groups is 1. The molecule has 2 heterocycles. The van der Waals surface area contributed by atoms with Crippen molar-refractivity contribution in [1.82, 2.24) is 20.1 Å². The number of hydrogen-bond acceptors (Lipinski definition) is 7. The Morgan fingerprint density at radius 2 is 2.04 bits per heavy atom. The maximum absolute atomic E-state index is 12.4. The molecule has 0 saturated carbocycles. The van der Waals surface area contributed by atoms with Crippen LogP contribution >= 0.6 is 0 Å². The van der Waals surface area contributed by atoms with Gasteiger partial charge in [0, 0.05) is 18.3 Å². The van der Waals surface area contributed by atoms with Crippen molar-refractivity contribution in [3.63, 3.8) is 0 Å². The molecule has 3 rings (SSSR count). The van der Waals surface area contributed by atoms with Gasteiger partial charge in [0.2, 0.25) is 5.95 Å². The number of carboxylic acid groups (broad SMARTS) is 1. The van der Waals surface area contributed by atoms with Crippen molar-refractivity contribution >= 4 is 11.9 Å². The van der Waals surface area contributed by atoms with E-state index in [9.17, 15) is 18.0 Å². The van der Waals surface area contributed by atoms with Gasteiger partial charge in [-0.1, -0.05) is 17.3 Å². The Morgan fingerprint density at radius 3 is 2.78 bits per heavy atom. The Labute approximate surface area is 150 Å². The van der Waals surface area contributed by atoms with E-state index in [1.54, 1.807) is 24.3 Å². The van der Waals surface area contributed by atoms with Gasteiger partial charge in [-0.3, -0.25) is 0 Å².